The molecule has 6 heteroatoms. The predicted octanol–water partition coefficient (Wildman–Crippen LogP) is 20.4. The average Bonchev–Trinajstić information content (AvgIpc) is 3.81. The summed E-state index contributed by atoms with van der Waals surface area (Å²) < 4.78 is 34.6. The van der Waals surface area contributed by atoms with Crippen molar-refractivity contribution in [3.63, 3.8) is 0 Å². The van der Waals surface area contributed by atoms with Crippen molar-refractivity contribution in [2.24, 2.45) is 0 Å². The Morgan fingerprint density at radius 1 is 0.426 bits per heavy atom. The van der Waals surface area contributed by atoms with Crippen LogP contribution in [-0.4, -0.2) is 29.8 Å². The predicted molar refractivity (Wildman–Crippen MR) is 298 cm³/mol. The highest BCUT2D eigenvalue weighted by Crippen LogP contribution is 2.43. The van der Waals surface area contributed by atoms with Crippen molar-refractivity contribution in [1.29, 1.82) is 0 Å². The summed E-state index contributed by atoms with van der Waals surface area (Å²) in [6.45, 7) is 8.94. The first-order valence-corrected chi connectivity index (χ1v) is 30.9. The molecule has 0 fully saturated rings. The summed E-state index contributed by atoms with van der Waals surface area (Å²) in [6, 6.07) is 20.5. The zero-order valence-electron chi connectivity index (χ0n) is 43.7. The van der Waals surface area contributed by atoms with E-state index < -0.39 is 10.8 Å². The fraction of sp³-hybridized carbons (Fsp3) is 0.677. The van der Waals surface area contributed by atoms with Gasteiger partial charge in [0.05, 0.1) is 34.8 Å². The van der Waals surface area contributed by atoms with E-state index >= 15 is 0 Å². The quantitative estimate of drug-likeness (QED) is 0.0420. The molecule has 0 saturated heterocycles. The van der Waals surface area contributed by atoms with Crippen LogP contribution in [0.4, 0.5) is 0 Å². The Morgan fingerprint density at radius 2 is 0.838 bits per heavy atom. The minimum atomic E-state index is -0.896. The Balaban J connectivity index is 1.30. The van der Waals surface area contributed by atoms with Gasteiger partial charge in [-0.2, -0.15) is 0 Å². The van der Waals surface area contributed by atoms with Gasteiger partial charge in [-0.25, -0.2) is 0 Å². The molecule has 3 aromatic carbocycles. The molecule has 0 N–H and O–H groups in total. The van der Waals surface area contributed by atoms with E-state index in [4.69, 9.17) is 14.2 Å². The summed E-state index contributed by atoms with van der Waals surface area (Å²) in [6.07, 6.45) is 44.9. The van der Waals surface area contributed by atoms with Crippen LogP contribution in [0.1, 0.15) is 245 Å². The van der Waals surface area contributed by atoms with E-state index in [1.54, 1.807) is 11.3 Å². The molecule has 1 aliphatic rings. The zero-order valence-corrected chi connectivity index (χ0v) is 45.4. The molecule has 0 amide bonds. The van der Waals surface area contributed by atoms with E-state index in [9.17, 15) is 4.21 Å². The molecule has 380 valence electrons. The molecule has 0 spiro atoms. The lowest BCUT2D eigenvalue weighted by molar-refractivity contribution is 0.234. The van der Waals surface area contributed by atoms with E-state index in [-0.39, 0.29) is 0 Å². The first-order chi connectivity index (χ1) is 33.6. The van der Waals surface area contributed by atoms with Crippen molar-refractivity contribution in [2.45, 2.75) is 250 Å². The van der Waals surface area contributed by atoms with Gasteiger partial charge in [0.1, 0.15) is 0 Å². The third kappa shape index (κ3) is 21.3. The molecule has 4 nitrogen and oxygen atoms in total. The molecule has 0 aliphatic carbocycles. The van der Waals surface area contributed by atoms with Crippen molar-refractivity contribution in [2.75, 3.05) is 25.6 Å². The third-order valence-electron chi connectivity index (χ3n) is 14.2. The van der Waals surface area contributed by atoms with Gasteiger partial charge < -0.3 is 14.2 Å². The summed E-state index contributed by atoms with van der Waals surface area (Å²) in [5, 5.41) is 2.43. The van der Waals surface area contributed by atoms with Crippen LogP contribution in [0.5, 0.6) is 17.2 Å². The summed E-state index contributed by atoms with van der Waals surface area (Å²) in [4.78, 5) is 1.23. The minimum absolute atomic E-state index is 0.681. The number of aryl methyl sites for hydroxylation is 1. The average molecular weight is 970 g/mol. The van der Waals surface area contributed by atoms with Crippen LogP contribution >= 0.6 is 11.3 Å². The maximum Gasteiger partial charge on any atom is 0.203 e. The van der Waals surface area contributed by atoms with Crippen LogP contribution in [-0.2, 0) is 17.2 Å². The fourth-order valence-electron chi connectivity index (χ4n) is 9.90. The number of benzene rings is 3. The Bertz CT molecular complexity index is 1900. The Hall–Kier alpha value is -2.83. The fourth-order valence-corrected chi connectivity index (χ4v) is 12.8. The molecule has 1 atom stereocenters. The maximum absolute atomic E-state index is 13.3. The van der Waals surface area contributed by atoms with E-state index in [0.717, 1.165) is 70.4 Å². The Kier molecular flexibility index (Phi) is 29.1. The van der Waals surface area contributed by atoms with Crippen molar-refractivity contribution in [1.82, 2.24) is 0 Å². The molecule has 1 unspecified atom stereocenters. The highest BCUT2D eigenvalue weighted by Gasteiger charge is 2.20. The van der Waals surface area contributed by atoms with E-state index in [0.29, 0.717) is 19.8 Å². The second-order valence-corrected chi connectivity index (χ2v) is 23.1. The van der Waals surface area contributed by atoms with Crippen LogP contribution in [0.3, 0.4) is 0 Å². The summed E-state index contributed by atoms with van der Waals surface area (Å²) in [5.74, 6) is 3.22. The molecule has 0 bridgehead atoms. The van der Waals surface area contributed by atoms with Gasteiger partial charge in [0.2, 0.25) is 5.75 Å². The molecule has 1 aliphatic heterocycles. The van der Waals surface area contributed by atoms with Gasteiger partial charge in [-0.05, 0) is 102 Å². The van der Waals surface area contributed by atoms with Gasteiger partial charge >= 0.3 is 0 Å². The molecular formula is C62H96O4S2. The first-order valence-electron chi connectivity index (χ1n) is 28.7. The standard InChI is InChI=1S/C62H96O4S2/c1-4-7-10-13-16-19-22-25-29-34-43-64-58-49-57(54-40-39-53-48-55(42-41-52(53)47-54)60-51-56-38-33-28-32-37-46-68(63)62(56)67-60)50-59(65-44-35-30-26-23-20-17-14-11-8-5-2)61(58)66-45-36-31-27-24-21-18-15-12-9-6-3/h39-42,47-51H,4-38,43-46H2,1-3H3. The minimum Gasteiger partial charge on any atom is -0.490 e. The molecule has 0 radical (unpaired) electrons. The Morgan fingerprint density at radius 3 is 1.32 bits per heavy atom. The van der Waals surface area contributed by atoms with E-state index in [2.05, 4.69) is 75.4 Å². The largest absolute Gasteiger partial charge is 0.490 e. The van der Waals surface area contributed by atoms with Crippen molar-refractivity contribution in [3.05, 3.63) is 60.2 Å². The molecule has 5 rings (SSSR count). The van der Waals surface area contributed by atoms with E-state index in [1.165, 1.54) is 219 Å². The number of hydrogen-bond acceptors (Lipinski definition) is 5. The second kappa shape index (κ2) is 35.3. The SMILES string of the molecule is CCCCCCCCCCCCOc1cc(-c2ccc3cc(-c4cc5c(s4)S(=O)CCCCCC5)ccc3c2)cc(OCCCCCCCCCCCC)c1OCCCCCCCCCCCC. The number of rotatable bonds is 38. The summed E-state index contributed by atoms with van der Waals surface area (Å²) >= 11 is 1.75. The zero-order chi connectivity index (χ0) is 47.7. The number of ether oxygens (including phenoxy) is 3. The molecule has 0 saturated carbocycles. The monoisotopic (exact) mass is 969 g/mol. The molecule has 68 heavy (non-hydrogen) atoms. The summed E-state index contributed by atoms with van der Waals surface area (Å²) in [5.41, 5.74) is 4.78. The van der Waals surface area contributed by atoms with Crippen LogP contribution in [0.2, 0.25) is 0 Å². The Labute approximate surface area is 423 Å². The van der Waals surface area contributed by atoms with Gasteiger partial charge in [0.15, 0.2) is 11.5 Å². The summed E-state index contributed by atoms with van der Waals surface area (Å²) in [7, 11) is -0.896. The van der Waals surface area contributed by atoms with Crippen LogP contribution < -0.4 is 14.2 Å². The first kappa shape index (κ1) is 56.1. The third-order valence-corrected chi connectivity index (χ3v) is 17.4. The van der Waals surface area contributed by atoms with Gasteiger partial charge in [-0.3, -0.25) is 4.21 Å². The maximum atomic E-state index is 13.3. The highest BCUT2D eigenvalue weighted by atomic mass is 32.2. The number of hydrogen-bond donors (Lipinski definition) is 0. The topological polar surface area (TPSA) is 44.8 Å². The molecular weight excluding hydrogens is 873 g/mol. The number of thiophene rings is 1. The molecule has 1 aromatic heterocycles. The van der Waals surface area contributed by atoms with Gasteiger partial charge in [-0.15, -0.1) is 11.3 Å². The van der Waals surface area contributed by atoms with Crippen molar-refractivity contribution < 1.29 is 18.4 Å². The molecule has 4 aromatic rings. The lowest BCUT2D eigenvalue weighted by atomic mass is 9.98. The lowest BCUT2D eigenvalue weighted by Gasteiger charge is -2.19. The smallest absolute Gasteiger partial charge is 0.203 e. The van der Waals surface area contributed by atoms with Crippen molar-refractivity contribution in [3.8, 4) is 38.8 Å². The van der Waals surface area contributed by atoms with Crippen LogP contribution in [0, 0.1) is 0 Å². The molecule has 2 heterocycles. The van der Waals surface area contributed by atoms with E-state index in [1.807, 2.05) is 0 Å². The van der Waals surface area contributed by atoms with Crippen LogP contribution in [0.25, 0.3) is 32.3 Å². The number of fused-ring (bicyclic) bond motifs is 2. The van der Waals surface area contributed by atoms with Gasteiger partial charge in [0.25, 0.3) is 0 Å². The second-order valence-electron chi connectivity index (χ2n) is 20.3. The van der Waals surface area contributed by atoms with Crippen LogP contribution in [0.15, 0.2) is 58.8 Å². The lowest BCUT2D eigenvalue weighted by Crippen LogP contribution is -2.07. The number of unbranched alkanes of at least 4 members (excludes halogenated alkanes) is 27. The highest BCUT2D eigenvalue weighted by molar-refractivity contribution is 7.87. The normalized spacial score (nSPS) is 14.1. The van der Waals surface area contributed by atoms with Gasteiger partial charge in [0, 0.05) is 10.6 Å². The van der Waals surface area contributed by atoms with Crippen molar-refractivity contribution >= 4 is 32.9 Å². The van der Waals surface area contributed by atoms with Gasteiger partial charge in [-0.1, -0.05) is 231 Å².